The molecule has 1 unspecified atom stereocenters. The minimum Gasteiger partial charge on any atom is -0.497 e. The van der Waals surface area contributed by atoms with E-state index in [1.165, 1.54) is 4.90 Å². The van der Waals surface area contributed by atoms with Crippen LogP contribution in [0.3, 0.4) is 0 Å². The molecule has 0 saturated heterocycles. The first-order valence-electron chi connectivity index (χ1n) is 9.47. The van der Waals surface area contributed by atoms with Crippen LogP contribution in [0, 0.1) is 0 Å². The van der Waals surface area contributed by atoms with Crippen molar-refractivity contribution in [3.63, 3.8) is 0 Å². The van der Waals surface area contributed by atoms with E-state index in [0.29, 0.717) is 17.3 Å². The predicted octanol–water partition coefficient (Wildman–Crippen LogP) is 2.56. The van der Waals surface area contributed by atoms with Gasteiger partial charge in [0.1, 0.15) is 11.8 Å². The number of benzene rings is 2. The smallest absolute Gasteiger partial charge is 0.246 e. The molecular weight excluding hydrogens is 420 g/mol. The van der Waals surface area contributed by atoms with E-state index in [1.807, 2.05) is 0 Å². The van der Waals surface area contributed by atoms with E-state index in [-0.39, 0.29) is 12.4 Å². The number of hydrogen-bond acceptors (Lipinski definition) is 7. The monoisotopic (exact) mass is 444 g/mol. The van der Waals surface area contributed by atoms with Gasteiger partial charge in [-0.05, 0) is 43.3 Å². The van der Waals surface area contributed by atoms with Crippen LogP contribution in [0.2, 0.25) is 0 Å². The highest BCUT2D eigenvalue weighted by atomic mass is 32.2. The van der Waals surface area contributed by atoms with E-state index in [9.17, 15) is 13.2 Å². The molecule has 10 heteroatoms. The van der Waals surface area contributed by atoms with E-state index in [0.717, 1.165) is 16.1 Å². The van der Waals surface area contributed by atoms with Gasteiger partial charge in [0.15, 0.2) is 0 Å². The molecule has 1 heterocycles. The molecule has 2 aromatic carbocycles. The Morgan fingerprint density at radius 3 is 2.35 bits per heavy atom. The summed E-state index contributed by atoms with van der Waals surface area (Å²) in [4.78, 5) is 18.7. The van der Waals surface area contributed by atoms with Crippen LogP contribution in [0.15, 0.2) is 59.1 Å². The highest BCUT2D eigenvalue weighted by Gasteiger charge is 2.31. The fourth-order valence-corrected chi connectivity index (χ4v) is 4.32. The lowest BCUT2D eigenvalue weighted by molar-refractivity contribution is -0.131. The molecule has 1 atom stereocenters. The van der Waals surface area contributed by atoms with Gasteiger partial charge in [-0.15, -0.1) is 0 Å². The van der Waals surface area contributed by atoms with Crippen LogP contribution in [-0.4, -0.2) is 55.8 Å². The Kier molecular flexibility index (Phi) is 6.59. The van der Waals surface area contributed by atoms with Crippen molar-refractivity contribution < 1.29 is 22.5 Å². The molecule has 3 aromatic rings. The number of hydrogen-bond donors (Lipinski definition) is 0. The van der Waals surface area contributed by atoms with Crippen molar-refractivity contribution in [2.24, 2.45) is 0 Å². The first-order valence-corrected chi connectivity index (χ1v) is 11.3. The molecule has 0 N–H and O–H groups in total. The maximum atomic E-state index is 13.0. The van der Waals surface area contributed by atoms with Gasteiger partial charge in [0.2, 0.25) is 27.6 Å². The summed E-state index contributed by atoms with van der Waals surface area (Å²) in [6.45, 7) is 1.59. The van der Waals surface area contributed by atoms with Gasteiger partial charge in [-0.1, -0.05) is 23.4 Å². The Labute approximate surface area is 181 Å². The molecule has 0 fully saturated rings. The summed E-state index contributed by atoms with van der Waals surface area (Å²) < 4.78 is 36.2. The number of aromatic nitrogens is 2. The molecule has 1 aromatic heterocycles. The first-order chi connectivity index (χ1) is 14.7. The molecule has 31 heavy (non-hydrogen) atoms. The molecule has 0 spiro atoms. The molecule has 3 rings (SSSR count). The van der Waals surface area contributed by atoms with E-state index in [1.54, 1.807) is 75.7 Å². The number of nitrogens with zero attached hydrogens (tertiary/aromatic N) is 4. The third-order valence-corrected chi connectivity index (χ3v) is 5.88. The van der Waals surface area contributed by atoms with Crippen molar-refractivity contribution >= 4 is 21.6 Å². The molecule has 0 saturated carbocycles. The van der Waals surface area contributed by atoms with Crippen molar-refractivity contribution in [1.29, 1.82) is 0 Å². The van der Waals surface area contributed by atoms with E-state index in [4.69, 9.17) is 9.26 Å². The highest BCUT2D eigenvalue weighted by Crippen LogP contribution is 2.22. The van der Waals surface area contributed by atoms with Crippen molar-refractivity contribution in [2.75, 3.05) is 24.7 Å². The number of likely N-dealkylation sites (N-methyl/N-ethyl adjacent to an activating group) is 1. The van der Waals surface area contributed by atoms with Crippen LogP contribution < -0.4 is 9.04 Å². The predicted molar refractivity (Wildman–Crippen MR) is 116 cm³/mol. The zero-order chi connectivity index (χ0) is 22.6. The molecule has 164 valence electrons. The SMILES string of the molecule is COc1ccc(-c2noc(CN(C)C(=O)C(C)N(c3ccccc3)S(C)(=O)=O)n2)cc1. The molecular formula is C21H24N4O5S. The molecule has 0 bridgehead atoms. The van der Waals surface area contributed by atoms with Gasteiger partial charge in [0, 0.05) is 12.6 Å². The number of anilines is 1. The summed E-state index contributed by atoms with van der Waals surface area (Å²) in [7, 11) is -0.544. The molecule has 1 amide bonds. The maximum Gasteiger partial charge on any atom is 0.246 e. The van der Waals surface area contributed by atoms with Crippen LogP contribution in [0.25, 0.3) is 11.4 Å². The Hall–Kier alpha value is -3.40. The van der Waals surface area contributed by atoms with Crippen molar-refractivity contribution in [3.05, 3.63) is 60.5 Å². The molecule has 0 aliphatic rings. The topological polar surface area (TPSA) is 106 Å². The first kappa shape index (κ1) is 22.3. The van der Waals surface area contributed by atoms with Crippen molar-refractivity contribution in [3.8, 4) is 17.1 Å². The maximum absolute atomic E-state index is 13.0. The van der Waals surface area contributed by atoms with Crippen LogP contribution in [0.5, 0.6) is 5.75 Å². The minimum absolute atomic E-state index is 0.0404. The second kappa shape index (κ2) is 9.17. The van der Waals surface area contributed by atoms with E-state index < -0.39 is 22.0 Å². The zero-order valence-corrected chi connectivity index (χ0v) is 18.5. The second-order valence-electron chi connectivity index (χ2n) is 7.00. The van der Waals surface area contributed by atoms with Gasteiger partial charge >= 0.3 is 0 Å². The third kappa shape index (κ3) is 5.21. The second-order valence-corrected chi connectivity index (χ2v) is 8.86. The van der Waals surface area contributed by atoms with E-state index in [2.05, 4.69) is 10.1 Å². The summed E-state index contributed by atoms with van der Waals surface area (Å²) in [6, 6.07) is 14.7. The standard InChI is InChI=1S/C21H24N4O5S/c1-15(25(31(4,27)28)17-8-6-5-7-9-17)21(26)24(2)14-19-22-20(23-30-19)16-10-12-18(29-3)13-11-16/h5-13,15H,14H2,1-4H3. The number of methoxy groups -OCH3 is 1. The van der Waals surface area contributed by atoms with Gasteiger partial charge in [-0.25, -0.2) is 8.42 Å². The number of ether oxygens (including phenoxy) is 1. The van der Waals surface area contributed by atoms with E-state index >= 15 is 0 Å². The largest absolute Gasteiger partial charge is 0.497 e. The zero-order valence-electron chi connectivity index (χ0n) is 17.7. The highest BCUT2D eigenvalue weighted by molar-refractivity contribution is 7.92. The average molecular weight is 445 g/mol. The Bertz CT molecular complexity index is 1130. The van der Waals surface area contributed by atoms with Gasteiger partial charge in [0.25, 0.3) is 0 Å². The fraction of sp³-hybridized carbons (Fsp3) is 0.286. The summed E-state index contributed by atoms with van der Waals surface area (Å²) in [5.74, 6) is 0.923. The Morgan fingerprint density at radius 2 is 1.77 bits per heavy atom. The lowest BCUT2D eigenvalue weighted by Gasteiger charge is -2.30. The lowest BCUT2D eigenvalue weighted by atomic mass is 10.2. The number of amides is 1. The number of sulfonamides is 1. The Balaban J connectivity index is 1.74. The van der Waals surface area contributed by atoms with Crippen LogP contribution in [-0.2, 0) is 21.4 Å². The van der Waals surface area contributed by atoms with Crippen molar-refractivity contribution in [1.82, 2.24) is 15.0 Å². The lowest BCUT2D eigenvalue weighted by Crippen LogP contribution is -2.48. The van der Waals surface area contributed by atoms with Gasteiger partial charge in [-0.3, -0.25) is 9.10 Å². The summed E-state index contributed by atoms with van der Waals surface area (Å²) in [6.07, 6.45) is 1.07. The van der Waals surface area contributed by atoms with Crippen LogP contribution in [0.4, 0.5) is 5.69 Å². The third-order valence-electron chi connectivity index (χ3n) is 4.64. The van der Waals surface area contributed by atoms with Gasteiger partial charge in [0.05, 0.1) is 25.6 Å². The number of rotatable bonds is 8. The molecule has 0 aliphatic carbocycles. The number of carbonyl (C=O) groups is 1. The molecule has 0 radical (unpaired) electrons. The number of carbonyl (C=O) groups excluding carboxylic acids is 1. The molecule has 9 nitrogen and oxygen atoms in total. The van der Waals surface area contributed by atoms with Gasteiger partial charge in [-0.2, -0.15) is 4.98 Å². The summed E-state index contributed by atoms with van der Waals surface area (Å²) >= 11 is 0. The quantitative estimate of drug-likeness (QED) is 0.526. The minimum atomic E-state index is -3.68. The van der Waals surface area contributed by atoms with Crippen LogP contribution >= 0.6 is 0 Å². The van der Waals surface area contributed by atoms with Gasteiger partial charge < -0.3 is 14.2 Å². The average Bonchev–Trinajstić information content (AvgIpc) is 3.21. The normalized spacial score (nSPS) is 12.3. The molecule has 0 aliphatic heterocycles. The fourth-order valence-electron chi connectivity index (χ4n) is 3.15. The van der Waals surface area contributed by atoms with Crippen molar-refractivity contribution in [2.45, 2.75) is 19.5 Å². The summed E-state index contributed by atoms with van der Waals surface area (Å²) in [5.41, 5.74) is 1.16. The van der Waals surface area contributed by atoms with Crippen LogP contribution in [0.1, 0.15) is 12.8 Å². The number of para-hydroxylation sites is 1. The summed E-state index contributed by atoms with van der Waals surface area (Å²) in [5, 5.41) is 3.95. The Morgan fingerprint density at radius 1 is 1.13 bits per heavy atom.